The first-order chi connectivity index (χ1) is 10.6. The summed E-state index contributed by atoms with van der Waals surface area (Å²) in [6.07, 6.45) is 1.26. The molecule has 0 radical (unpaired) electrons. The van der Waals surface area contributed by atoms with Gasteiger partial charge in [0.1, 0.15) is 6.10 Å². The van der Waals surface area contributed by atoms with Gasteiger partial charge in [0.15, 0.2) is 0 Å². The Morgan fingerprint density at radius 2 is 2.09 bits per heavy atom. The molecule has 3 rings (SSSR count). The van der Waals surface area contributed by atoms with Crippen molar-refractivity contribution < 1.29 is 14.7 Å². The predicted molar refractivity (Wildman–Crippen MR) is 85.7 cm³/mol. The van der Waals surface area contributed by atoms with Gasteiger partial charge < -0.3 is 15.7 Å². The Bertz CT molecular complexity index is 662. The molecule has 0 aliphatic heterocycles. The fraction of sp³-hybridized carbons (Fsp3) is 0.333. The highest BCUT2D eigenvalue weighted by molar-refractivity contribution is 7.12. The molecule has 1 atom stereocenters. The number of hydrogen-bond donors (Lipinski definition) is 3. The van der Waals surface area contributed by atoms with Crippen LogP contribution in [0.2, 0.25) is 0 Å². The summed E-state index contributed by atoms with van der Waals surface area (Å²) in [4.78, 5) is 24.9. The molecule has 2 amide bonds. The topological polar surface area (TPSA) is 78.4 Å². The van der Waals surface area contributed by atoms with E-state index in [0.717, 1.165) is 28.2 Å². The van der Waals surface area contributed by atoms with Crippen molar-refractivity contribution in [1.82, 2.24) is 10.6 Å². The molecule has 2 aromatic heterocycles. The number of amides is 2. The lowest BCUT2D eigenvalue weighted by molar-refractivity contribution is -0.139. The Labute approximate surface area is 136 Å². The zero-order valence-corrected chi connectivity index (χ0v) is 13.4. The quantitative estimate of drug-likeness (QED) is 0.729. The largest absolute Gasteiger partial charge is 0.383 e. The highest BCUT2D eigenvalue weighted by Crippen LogP contribution is 2.29. The Morgan fingerprint density at radius 1 is 1.27 bits per heavy atom. The van der Waals surface area contributed by atoms with Gasteiger partial charge in [0, 0.05) is 15.8 Å². The minimum absolute atomic E-state index is 0.173. The van der Waals surface area contributed by atoms with E-state index in [-0.39, 0.29) is 12.6 Å². The molecule has 0 bridgehead atoms. The summed E-state index contributed by atoms with van der Waals surface area (Å²) in [6.45, 7) is 0.290. The van der Waals surface area contributed by atoms with Gasteiger partial charge in [-0.3, -0.25) is 9.59 Å². The standard InChI is InChI=1S/C15H16N2O3S2/c18-13(9-5-6-21-8-9)12-4-3-11(22-12)7-16-14(19)15(20)17-10-1-2-10/h3-6,8,10,13,18H,1-2,7H2,(H,16,19)(H,17,20). The first kappa shape index (κ1) is 15.2. The van der Waals surface area contributed by atoms with Crippen LogP contribution in [0, 0.1) is 0 Å². The monoisotopic (exact) mass is 336 g/mol. The van der Waals surface area contributed by atoms with Crippen LogP contribution in [0.15, 0.2) is 29.0 Å². The zero-order valence-electron chi connectivity index (χ0n) is 11.7. The molecule has 2 heterocycles. The minimum Gasteiger partial charge on any atom is -0.383 e. The molecule has 5 nitrogen and oxygen atoms in total. The number of carbonyl (C=O) groups is 2. The van der Waals surface area contributed by atoms with Crippen LogP contribution in [0.5, 0.6) is 0 Å². The Kier molecular flexibility index (Phi) is 4.56. The van der Waals surface area contributed by atoms with E-state index in [2.05, 4.69) is 10.6 Å². The molecule has 1 saturated carbocycles. The Hall–Kier alpha value is -1.70. The lowest BCUT2D eigenvalue weighted by Gasteiger charge is -2.06. The second-order valence-corrected chi connectivity index (χ2v) is 7.17. The van der Waals surface area contributed by atoms with Gasteiger partial charge in [-0.25, -0.2) is 0 Å². The fourth-order valence-corrected chi connectivity index (χ4v) is 3.60. The molecule has 0 spiro atoms. The molecule has 116 valence electrons. The van der Waals surface area contributed by atoms with E-state index in [9.17, 15) is 14.7 Å². The van der Waals surface area contributed by atoms with Crippen LogP contribution in [0.25, 0.3) is 0 Å². The number of aliphatic hydroxyl groups is 1. The van der Waals surface area contributed by atoms with E-state index >= 15 is 0 Å². The normalized spacial score (nSPS) is 15.3. The van der Waals surface area contributed by atoms with E-state index in [1.807, 2.05) is 29.0 Å². The van der Waals surface area contributed by atoms with Crippen LogP contribution in [0.3, 0.4) is 0 Å². The molecular formula is C15H16N2O3S2. The van der Waals surface area contributed by atoms with Gasteiger partial charge in [0.25, 0.3) is 0 Å². The summed E-state index contributed by atoms with van der Waals surface area (Å²) in [5.74, 6) is -1.18. The number of hydrogen-bond acceptors (Lipinski definition) is 5. The van der Waals surface area contributed by atoms with Gasteiger partial charge in [-0.2, -0.15) is 11.3 Å². The maximum atomic E-state index is 11.6. The summed E-state index contributed by atoms with van der Waals surface area (Å²) < 4.78 is 0. The molecule has 1 fully saturated rings. The first-order valence-corrected chi connectivity index (χ1v) is 8.77. The molecule has 0 aromatic carbocycles. The molecule has 2 aromatic rings. The van der Waals surface area contributed by atoms with E-state index in [1.54, 1.807) is 0 Å². The lowest BCUT2D eigenvalue weighted by atomic mass is 10.2. The van der Waals surface area contributed by atoms with Gasteiger partial charge in [-0.15, -0.1) is 11.3 Å². The van der Waals surface area contributed by atoms with Crippen molar-refractivity contribution in [2.45, 2.75) is 31.5 Å². The Balaban J connectivity index is 1.53. The van der Waals surface area contributed by atoms with E-state index in [4.69, 9.17) is 0 Å². The molecule has 0 saturated heterocycles. The highest BCUT2D eigenvalue weighted by atomic mass is 32.1. The molecule has 22 heavy (non-hydrogen) atoms. The van der Waals surface area contributed by atoms with Crippen molar-refractivity contribution in [1.29, 1.82) is 0 Å². The van der Waals surface area contributed by atoms with Crippen molar-refractivity contribution in [3.05, 3.63) is 44.3 Å². The third-order valence-electron chi connectivity index (χ3n) is 3.35. The summed E-state index contributed by atoms with van der Waals surface area (Å²) in [5, 5.41) is 19.3. The van der Waals surface area contributed by atoms with E-state index < -0.39 is 17.9 Å². The Morgan fingerprint density at radius 3 is 2.77 bits per heavy atom. The summed E-state index contributed by atoms with van der Waals surface area (Å²) >= 11 is 2.97. The van der Waals surface area contributed by atoms with Crippen LogP contribution in [0.4, 0.5) is 0 Å². The molecule has 3 N–H and O–H groups in total. The van der Waals surface area contributed by atoms with Gasteiger partial charge >= 0.3 is 11.8 Å². The molecular weight excluding hydrogens is 320 g/mol. The minimum atomic E-state index is -0.640. The SMILES string of the molecule is O=C(NCc1ccc(C(O)c2ccsc2)s1)C(=O)NC1CC1. The van der Waals surface area contributed by atoms with Crippen LogP contribution in [0.1, 0.15) is 34.3 Å². The maximum absolute atomic E-state index is 11.6. The van der Waals surface area contributed by atoms with Gasteiger partial charge in [-0.1, -0.05) is 0 Å². The number of nitrogens with one attached hydrogen (secondary N) is 2. The van der Waals surface area contributed by atoms with Gasteiger partial charge in [0.2, 0.25) is 0 Å². The highest BCUT2D eigenvalue weighted by Gasteiger charge is 2.26. The van der Waals surface area contributed by atoms with Crippen molar-refractivity contribution in [2.24, 2.45) is 0 Å². The van der Waals surface area contributed by atoms with Crippen LogP contribution in [-0.2, 0) is 16.1 Å². The van der Waals surface area contributed by atoms with E-state index in [1.165, 1.54) is 22.7 Å². The van der Waals surface area contributed by atoms with Crippen molar-refractivity contribution in [2.75, 3.05) is 0 Å². The van der Waals surface area contributed by atoms with Gasteiger partial charge in [0.05, 0.1) is 6.54 Å². The molecule has 1 aliphatic carbocycles. The van der Waals surface area contributed by atoms with Crippen molar-refractivity contribution >= 4 is 34.5 Å². The average molecular weight is 336 g/mol. The smallest absolute Gasteiger partial charge is 0.309 e. The van der Waals surface area contributed by atoms with Crippen LogP contribution in [-0.4, -0.2) is 23.0 Å². The zero-order chi connectivity index (χ0) is 15.5. The van der Waals surface area contributed by atoms with Crippen molar-refractivity contribution in [3.63, 3.8) is 0 Å². The maximum Gasteiger partial charge on any atom is 0.309 e. The fourth-order valence-electron chi connectivity index (χ4n) is 1.96. The lowest BCUT2D eigenvalue weighted by Crippen LogP contribution is -2.40. The summed E-state index contributed by atoms with van der Waals surface area (Å²) in [5.41, 5.74) is 0.867. The number of aliphatic hydroxyl groups excluding tert-OH is 1. The third kappa shape index (κ3) is 3.73. The molecule has 1 aliphatic rings. The summed E-state index contributed by atoms with van der Waals surface area (Å²) in [7, 11) is 0. The predicted octanol–water partition coefficient (Wildman–Crippen LogP) is 1.79. The van der Waals surface area contributed by atoms with Crippen LogP contribution < -0.4 is 10.6 Å². The van der Waals surface area contributed by atoms with E-state index in [0.29, 0.717) is 0 Å². The van der Waals surface area contributed by atoms with Crippen LogP contribution >= 0.6 is 22.7 Å². The summed E-state index contributed by atoms with van der Waals surface area (Å²) in [6, 6.07) is 5.76. The third-order valence-corrected chi connectivity index (χ3v) is 5.19. The molecule has 1 unspecified atom stereocenters. The second-order valence-electron chi connectivity index (χ2n) is 5.19. The number of rotatable bonds is 5. The number of thiophene rings is 2. The first-order valence-electron chi connectivity index (χ1n) is 7.01. The number of carbonyl (C=O) groups excluding carboxylic acids is 2. The van der Waals surface area contributed by atoms with Crippen molar-refractivity contribution in [3.8, 4) is 0 Å². The average Bonchev–Trinajstić information content (AvgIpc) is 3.01. The molecule has 7 heteroatoms. The second kappa shape index (κ2) is 6.60. The van der Waals surface area contributed by atoms with Gasteiger partial charge in [-0.05, 0) is 47.4 Å².